The van der Waals surface area contributed by atoms with Crippen LogP contribution in [-0.2, 0) is 24.0 Å². The molecule has 30 heavy (non-hydrogen) atoms. The van der Waals surface area contributed by atoms with Crippen molar-refractivity contribution in [1.29, 1.82) is 0 Å². The number of aliphatic hydroxyl groups is 1. The number of nitrogens with two attached hydrogens (primary N) is 1. The number of thiol groups is 1. The standard InChI is InChI=1S/C17H30N4O8S/c1-4-7(2)13(17(28)29)21-15(26)10(6-30)20-14(25)9(5-11(23)24)19-16(27)12(18)8(3)22/h7-10,12-13,22,30H,4-6,18H2,1-3H3,(H,19,27)(H,20,25)(H,21,26)(H,23,24)(H,28,29). The Morgan fingerprint density at radius 2 is 1.43 bits per heavy atom. The smallest absolute Gasteiger partial charge is 0.326 e. The summed E-state index contributed by atoms with van der Waals surface area (Å²) in [5.74, 6) is -6.04. The van der Waals surface area contributed by atoms with Gasteiger partial charge in [0.05, 0.1) is 12.5 Å². The Labute approximate surface area is 179 Å². The van der Waals surface area contributed by atoms with Crippen molar-refractivity contribution in [2.75, 3.05) is 5.75 Å². The Hall–Kier alpha value is -2.38. The summed E-state index contributed by atoms with van der Waals surface area (Å²) in [6.45, 7) is 4.63. The molecule has 3 amide bonds. The third-order valence-electron chi connectivity index (χ3n) is 4.43. The van der Waals surface area contributed by atoms with E-state index in [0.29, 0.717) is 6.42 Å². The Balaban J connectivity index is 5.32. The first-order chi connectivity index (χ1) is 13.8. The Kier molecular flexibility index (Phi) is 12.0. The first-order valence-electron chi connectivity index (χ1n) is 9.25. The normalized spacial score (nSPS) is 16.9. The van der Waals surface area contributed by atoms with E-state index < -0.39 is 66.4 Å². The van der Waals surface area contributed by atoms with E-state index in [1.54, 1.807) is 13.8 Å². The molecule has 13 heteroatoms. The summed E-state index contributed by atoms with van der Waals surface area (Å²) in [4.78, 5) is 59.3. The summed E-state index contributed by atoms with van der Waals surface area (Å²) < 4.78 is 0. The largest absolute Gasteiger partial charge is 0.481 e. The number of carboxylic acid groups (broad SMARTS) is 2. The first kappa shape index (κ1) is 27.6. The average molecular weight is 451 g/mol. The van der Waals surface area contributed by atoms with Crippen LogP contribution < -0.4 is 21.7 Å². The maximum atomic E-state index is 12.5. The van der Waals surface area contributed by atoms with E-state index in [-0.39, 0.29) is 11.7 Å². The highest BCUT2D eigenvalue weighted by atomic mass is 32.1. The highest BCUT2D eigenvalue weighted by molar-refractivity contribution is 7.80. The van der Waals surface area contributed by atoms with Crippen LogP contribution in [0.1, 0.15) is 33.6 Å². The minimum atomic E-state index is -1.58. The molecule has 0 aromatic heterocycles. The van der Waals surface area contributed by atoms with Crippen molar-refractivity contribution in [3.05, 3.63) is 0 Å². The van der Waals surface area contributed by atoms with Gasteiger partial charge in [0.15, 0.2) is 0 Å². The van der Waals surface area contributed by atoms with Gasteiger partial charge in [-0.3, -0.25) is 19.2 Å². The van der Waals surface area contributed by atoms with Gasteiger partial charge in [-0.05, 0) is 12.8 Å². The minimum Gasteiger partial charge on any atom is -0.481 e. The zero-order valence-corrected chi connectivity index (χ0v) is 17.9. The van der Waals surface area contributed by atoms with Crippen LogP contribution in [0.4, 0.5) is 0 Å². The molecule has 6 atom stereocenters. The van der Waals surface area contributed by atoms with Crippen LogP contribution in [0.15, 0.2) is 0 Å². The van der Waals surface area contributed by atoms with Gasteiger partial charge < -0.3 is 37.0 Å². The lowest BCUT2D eigenvalue weighted by atomic mass is 9.99. The molecule has 0 fully saturated rings. The van der Waals surface area contributed by atoms with Crippen molar-refractivity contribution < 1.29 is 39.3 Å². The summed E-state index contributed by atoms with van der Waals surface area (Å²) in [6, 6.07) is -5.46. The zero-order valence-electron chi connectivity index (χ0n) is 17.0. The minimum absolute atomic E-state index is 0.217. The molecule has 0 aromatic rings. The van der Waals surface area contributed by atoms with Crippen LogP contribution in [-0.4, -0.2) is 81.0 Å². The Morgan fingerprint density at radius 1 is 0.933 bits per heavy atom. The number of hydrogen-bond acceptors (Lipinski definition) is 8. The lowest BCUT2D eigenvalue weighted by Gasteiger charge is -2.25. The van der Waals surface area contributed by atoms with E-state index in [2.05, 4.69) is 28.6 Å². The molecule has 0 spiro atoms. The molecule has 6 unspecified atom stereocenters. The van der Waals surface area contributed by atoms with Crippen molar-refractivity contribution in [1.82, 2.24) is 16.0 Å². The van der Waals surface area contributed by atoms with Gasteiger partial charge in [0.2, 0.25) is 17.7 Å². The lowest BCUT2D eigenvalue weighted by Crippen LogP contribution is -2.59. The van der Waals surface area contributed by atoms with Crippen molar-refractivity contribution in [3.8, 4) is 0 Å². The van der Waals surface area contributed by atoms with E-state index in [1.165, 1.54) is 6.92 Å². The van der Waals surface area contributed by atoms with Crippen molar-refractivity contribution in [2.45, 2.75) is 63.9 Å². The number of carbonyl (C=O) groups excluding carboxylic acids is 3. The Morgan fingerprint density at radius 3 is 1.83 bits per heavy atom. The SMILES string of the molecule is CCC(C)C(NC(=O)C(CS)NC(=O)C(CC(=O)O)NC(=O)C(N)C(C)O)C(=O)O. The molecule has 0 radical (unpaired) electrons. The Bertz CT molecular complexity index is 645. The molecule has 0 aliphatic carbocycles. The van der Waals surface area contributed by atoms with Gasteiger partial charge in [0.1, 0.15) is 24.2 Å². The van der Waals surface area contributed by atoms with Crippen LogP contribution in [0.25, 0.3) is 0 Å². The molecule has 0 heterocycles. The molecule has 0 rings (SSSR count). The summed E-state index contributed by atoms with van der Waals surface area (Å²) in [7, 11) is 0. The molecule has 0 aliphatic heterocycles. The second-order valence-corrected chi connectivity index (χ2v) is 7.24. The number of amides is 3. The van der Waals surface area contributed by atoms with Gasteiger partial charge in [0, 0.05) is 5.75 Å². The maximum Gasteiger partial charge on any atom is 0.326 e. The van der Waals surface area contributed by atoms with E-state index in [0.717, 1.165) is 0 Å². The second-order valence-electron chi connectivity index (χ2n) is 6.88. The van der Waals surface area contributed by atoms with E-state index in [9.17, 15) is 34.2 Å². The fraction of sp³-hybridized carbons (Fsp3) is 0.706. The molecule has 172 valence electrons. The predicted octanol–water partition coefficient (Wildman–Crippen LogP) is -2.32. The van der Waals surface area contributed by atoms with Gasteiger partial charge in [-0.2, -0.15) is 12.6 Å². The molecule has 12 nitrogen and oxygen atoms in total. The van der Waals surface area contributed by atoms with Crippen LogP contribution in [0.2, 0.25) is 0 Å². The fourth-order valence-electron chi connectivity index (χ4n) is 2.27. The number of aliphatic hydroxyl groups excluding tert-OH is 1. The van der Waals surface area contributed by atoms with Gasteiger partial charge in [-0.15, -0.1) is 0 Å². The summed E-state index contributed by atoms with van der Waals surface area (Å²) in [6.07, 6.45) is -1.58. The number of carbonyl (C=O) groups is 5. The predicted molar refractivity (Wildman–Crippen MR) is 109 cm³/mol. The second kappa shape index (κ2) is 13.0. The van der Waals surface area contributed by atoms with Gasteiger partial charge in [0.25, 0.3) is 0 Å². The van der Waals surface area contributed by atoms with Gasteiger partial charge >= 0.3 is 11.9 Å². The van der Waals surface area contributed by atoms with Gasteiger partial charge in [-0.1, -0.05) is 20.3 Å². The number of nitrogens with one attached hydrogen (secondary N) is 3. The van der Waals surface area contributed by atoms with E-state index in [1.807, 2.05) is 0 Å². The maximum absolute atomic E-state index is 12.5. The molecule has 0 aromatic carbocycles. The molecule has 0 bridgehead atoms. The molecule has 0 saturated heterocycles. The van der Waals surface area contributed by atoms with Crippen LogP contribution in [0, 0.1) is 5.92 Å². The summed E-state index contributed by atoms with van der Waals surface area (Å²) in [5.41, 5.74) is 5.47. The third kappa shape index (κ3) is 8.97. The number of hydrogen-bond donors (Lipinski definition) is 8. The van der Waals surface area contributed by atoms with Gasteiger partial charge in [-0.25, -0.2) is 4.79 Å². The van der Waals surface area contributed by atoms with Crippen molar-refractivity contribution in [2.24, 2.45) is 11.7 Å². The van der Waals surface area contributed by atoms with Crippen LogP contribution in [0.3, 0.4) is 0 Å². The number of carboxylic acids is 2. The quantitative estimate of drug-likeness (QED) is 0.141. The van der Waals surface area contributed by atoms with Crippen molar-refractivity contribution in [3.63, 3.8) is 0 Å². The van der Waals surface area contributed by atoms with Crippen LogP contribution in [0.5, 0.6) is 0 Å². The fourth-order valence-corrected chi connectivity index (χ4v) is 2.53. The molecule has 0 saturated carbocycles. The average Bonchev–Trinajstić information content (AvgIpc) is 2.67. The van der Waals surface area contributed by atoms with Crippen LogP contribution >= 0.6 is 12.6 Å². The molecule has 0 aliphatic rings. The lowest BCUT2D eigenvalue weighted by molar-refractivity contribution is -0.144. The van der Waals surface area contributed by atoms with E-state index in [4.69, 9.17) is 10.8 Å². The number of rotatable bonds is 13. The van der Waals surface area contributed by atoms with Crippen molar-refractivity contribution >= 4 is 42.3 Å². The topological polar surface area (TPSA) is 208 Å². The highest BCUT2D eigenvalue weighted by Gasteiger charge is 2.32. The van der Waals surface area contributed by atoms with E-state index >= 15 is 0 Å². The molecular weight excluding hydrogens is 420 g/mol. The third-order valence-corrected chi connectivity index (χ3v) is 4.79. The summed E-state index contributed by atoms with van der Waals surface area (Å²) >= 11 is 3.97. The zero-order chi connectivity index (χ0) is 23.6. The monoisotopic (exact) mass is 450 g/mol. The first-order valence-corrected chi connectivity index (χ1v) is 9.89. The molecule has 8 N–H and O–H groups in total. The molecular formula is C17H30N4O8S. The summed E-state index contributed by atoms with van der Waals surface area (Å²) in [5, 5.41) is 34.3. The number of aliphatic carboxylic acids is 2. The highest BCUT2D eigenvalue weighted by Crippen LogP contribution is 2.08.